The van der Waals surface area contributed by atoms with Gasteiger partial charge in [0.1, 0.15) is 5.76 Å². The van der Waals surface area contributed by atoms with Crippen LogP contribution in [0.5, 0.6) is 0 Å². The van der Waals surface area contributed by atoms with Gasteiger partial charge in [0, 0.05) is 24.2 Å². The van der Waals surface area contributed by atoms with Crippen molar-refractivity contribution in [2.24, 2.45) is 17.6 Å². The highest BCUT2D eigenvalue weighted by molar-refractivity contribution is 5.16. The molecule has 0 spiro atoms. The van der Waals surface area contributed by atoms with Crippen molar-refractivity contribution in [2.45, 2.75) is 58.5 Å². The zero-order valence-electron chi connectivity index (χ0n) is 13.5. The summed E-state index contributed by atoms with van der Waals surface area (Å²) in [5.41, 5.74) is 7.62. The molecular formula is C17H30N2O. The van der Waals surface area contributed by atoms with Crippen molar-refractivity contribution in [3.8, 4) is 0 Å². The van der Waals surface area contributed by atoms with E-state index in [0.29, 0.717) is 0 Å². The van der Waals surface area contributed by atoms with E-state index in [1.807, 2.05) is 6.92 Å². The summed E-state index contributed by atoms with van der Waals surface area (Å²) in [6.07, 6.45) is 6.84. The zero-order chi connectivity index (χ0) is 14.8. The van der Waals surface area contributed by atoms with Gasteiger partial charge in [0.05, 0.1) is 6.26 Å². The van der Waals surface area contributed by atoms with Crippen molar-refractivity contribution in [2.75, 3.05) is 13.6 Å². The van der Waals surface area contributed by atoms with Crippen LogP contribution >= 0.6 is 0 Å². The summed E-state index contributed by atoms with van der Waals surface area (Å²) >= 11 is 0. The second-order valence-electron chi connectivity index (χ2n) is 6.87. The molecular weight excluding hydrogens is 248 g/mol. The van der Waals surface area contributed by atoms with Gasteiger partial charge in [-0.25, -0.2) is 0 Å². The SMILES string of the molecule is Cc1occc1CN(C)C1(CN)CCC(C(C)C)CC1. The molecule has 2 N–H and O–H groups in total. The number of nitrogens with zero attached hydrogens (tertiary/aromatic N) is 1. The summed E-state index contributed by atoms with van der Waals surface area (Å²) in [6, 6.07) is 2.08. The fraction of sp³-hybridized carbons (Fsp3) is 0.765. The Hall–Kier alpha value is -0.800. The van der Waals surface area contributed by atoms with Gasteiger partial charge in [-0.05, 0) is 57.6 Å². The van der Waals surface area contributed by atoms with E-state index in [4.69, 9.17) is 10.2 Å². The normalized spacial score (nSPS) is 27.4. The van der Waals surface area contributed by atoms with Gasteiger partial charge in [-0.3, -0.25) is 4.90 Å². The van der Waals surface area contributed by atoms with E-state index < -0.39 is 0 Å². The standard InChI is InChI=1S/C17H30N2O/c1-13(2)15-5-8-17(12-18,9-6-15)19(4)11-16-7-10-20-14(16)3/h7,10,13,15H,5-6,8-9,11-12,18H2,1-4H3. The molecule has 1 aliphatic carbocycles. The second kappa shape index (κ2) is 6.31. The van der Waals surface area contributed by atoms with Crippen LogP contribution in [-0.2, 0) is 6.54 Å². The quantitative estimate of drug-likeness (QED) is 0.895. The minimum atomic E-state index is 0.176. The highest BCUT2D eigenvalue weighted by Gasteiger charge is 2.38. The Kier molecular flexibility index (Phi) is 4.92. The van der Waals surface area contributed by atoms with E-state index in [9.17, 15) is 0 Å². The molecule has 0 aromatic carbocycles. The summed E-state index contributed by atoms with van der Waals surface area (Å²) in [4.78, 5) is 2.46. The van der Waals surface area contributed by atoms with Crippen molar-refractivity contribution in [1.82, 2.24) is 4.90 Å². The smallest absolute Gasteiger partial charge is 0.105 e. The van der Waals surface area contributed by atoms with Gasteiger partial charge >= 0.3 is 0 Å². The summed E-state index contributed by atoms with van der Waals surface area (Å²) in [5.74, 6) is 2.70. The number of hydrogen-bond acceptors (Lipinski definition) is 3. The Labute approximate surface area is 123 Å². The van der Waals surface area contributed by atoms with Crippen molar-refractivity contribution in [1.29, 1.82) is 0 Å². The van der Waals surface area contributed by atoms with Gasteiger partial charge in [0.2, 0.25) is 0 Å². The molecule has 1 fully saturated rings. The van der Waals surface area contributed by atoms with E-state index in [-0.39, 0.29) is 5.54 Å². The molecule has 0 amide bonds. The van der Waals surface area contributed by atoms with Gasteiger partial charge in [-0.15, -0.1) is 0 Å². The largest absolute Gasteiger partial charge is 0.469 e. The Morgan fingerprint density at radius 2 is 2.05 bits per heavy atom. The van der Waals surface area contributed by atoms with Gasteiger partial charge in [-0.2, -0.15) is 0 Å². The molecule has 1 aliphatic rings. The molecule has 0 unspecified atom stereocenters. The predicted octanol–water partition coefficient (Wildman–Crippen LogP) is 3.56. The lowest BCUT2D eigenvalue weighted by Crippen LogP contribution is -2.54. The maximum atomic E-state index is 6.16. The molecule has 114 valence electrons. The maximum Gasteiger partial charge on any atom is 0.105 e. The average Bonchev–Trinajstić information content (AvgIpc) is 2.84. The lowest BCUT2D eigenvalue weighted by molar-refractivity contribution is 0.0495. The van der Waals surface area contributed by atoms with Gasteiger partial charge in [0.15, 0.2) is 0 Å². The first-order valence-corrected chi connectivity index (χ1v) is 7.93. The van der Waals surface area contributed by atoms with Crippen LogP contribution in [0.3, 0.4) is 0 Å². The fourth-order valence-electron chi connectivity index (χ4n) is 3.58. The maximum absolute atomic E-state index is 6.16. The molecule has 1 aromatic heterocycles. The first-order chi connectivity index (χ1) is 9.48. The highest BCUT2D eigenvalue weighted by Crippen LogP contribution is 2.39. The first-order valence-electron chi connectivity index (χ1n) is 7.93. The number of nitrogens with two attached hydrogens (primary N) is 1. The summed E-state index contributed by atoms with van der Waals surface area (Å²) in [6.45, 7) is 8.42. The minimum Gasteiger partial charge on any atom is -0.469 e. The molecule has 0 radical (unpaired) electrons. The van der Waals surface area contributed by atoms with Gasteiger partial charge < -0.3 is 10.2 Å². The molecule has 0 saturated heterocycles. The fourth-order valence-corrected chi connectivity index (χ4v) is 3.58. The molecule has 2 rings (SSSR count). The molecule has 0 atom stereocenters. The number of rotatable bonds is 5. The summed E-state index contributed by atoms with van der Waals surface area (Å²) in [5, 5.41) is 0. The molecule has 0 aliphatic heterocycles. The summed E-state index contributed by atoms with van der Waals surface area (Å²) < 4.78 is 5.41. The lowest BCUT2D eigenvalue weighted by Gasteiger charge is -2.46. The molecule has 0 bridgehead atoms. The number of hydrogen-bond donors (Lipinski definition) is 1. The van der Waals surface area contributed by atoms with Crippen LogP contribution < -0.4 is 5.73 Å². The number of furan rings is 1. The Bertz CT molecular complexity index is 416. The second-order valence-corrected chi connectivity index (χ2v) is 6.87. The first kappa shape index (κ1) is 15.6. The zero-order valence-corrected chi connectivity index (χ0v) is 13.5. The molecule has 1 heterocycles. The molecule has 3 heteroatoms. The van der Waals surface area contributed by atoms with Gasteiger partial charge in [0.25, 0.3) is 0 Å². The average molecular weight is 278 g/mol. The van der Waals surface area contributed by atoms with E-state index in [1.54, 1.807) is 6.26 Å². The van der Waals surface area contributed by atoms with E-state index in [0.717, 1.165) is 30.7 Å². The summed E-state index contributed by atoms with van der Waals surface area (Å²) in [7, 11) is 2.22. The molecule has 1 aromatic rings. The van der Waals surface area contributed by atoms with Crippen molar-refractivity contribution in [3.05, 3.63) is 23.7 Å². The number of aryl methyl sites for hydroxylation is 1. The van der Waals surface area contributed by atoms with Crippen molar-refractivity contribution in [3.63, 3.8) is 0 Å². The molecule has 20 heavy (non-hydrogen) atoms. The Balaban J connectivity index is 2.02. The molecule has 1 saturated carbocycles. The van der Waals surface area contributed by atoms with Crippen LogP contribution in [0.15, 0.2) is 16.7 Å². The van der Waals surface area contributed by atoms with E-state index in [1.165, 1.54) is 31.2 Å². The van der Waals surface area contributed by atoms with Crippen LogP contribution in [0.1, 0.15) is 50.9 Å². The van der Waals surface area contributed by atoms with Crippen LogP contribution in [0, 0.1) is 18.8 Å². The number of likely N-dealkylation sites (N-methyl/N-ethyl adjacent to an activating group) is 1. The lowest BCUT2D eigenvalue weighted by atomic mass is 9.72. The van der Waals surface area contributed by atoms with Crippen LogP contribution in [0.2, 0.25) is 0 Å². The monoisotopic (exact) mass is 278 g/mol. The topological polar surface area (TPSA) is 42.4 Å². The van der Waals surface area contributed by atoms with Crippen LogP contribution in [0.25, 0.3) is 0 Å². The van der Waals surface area contributed by atoms with E-state index >= 15 is 0 Å². The van der Waals surface area contributed by atoms with E-state index in [2.05, 4.69) is 31.9 Å². The highest BCUT2D eigenvalue weighted by atomic mass is 16.3. The van der Waals surface area contributed by atoms with Crippen molar-refractivity contribution < 1.29 is 4.42 Å². The minimum absolute atomic E-state index is 0.176. The van der Waals surface area contributed by atoms with Gasteiger partial charge in [-0.1, -0.05) is 13.8 Å². The third-order valence-corrected chi connectivity index (χ3v) is 5.47. The Morgan fingerprint density at radius 3 is 2.50 bits per heavy atom. The Morgan fingerprint density at radius 1 is 1.40 bits per heavy atom. The molecule has 3 nitrogen and oxygen atoms in total. The third-order valence-electron chi connectivity index (χ3n) is 5.47. The van der Waals surface area contributed by atoms with Crippen LogP contribution in [0.4, 0.5) is 0 Å². The van der Waals surface area contributed by atoms with Crippen LogP contribution in [-0.4, -0.2) is 24.0 Å². The predicted molar refractivity (Wildman–Crippen MR) is 83.5 cm³/mol. The van der Waals surface area contributed by atoms with Crippen molar-refractivity contribution >= 4 is 0 Å². The third kappa shape index (κ3) is 3.09.